The Morgan fingerprint density at radius 1 is 0.913 bits per heavy atom. The van der Waals surface area contributed by atoms with Crippen LogP contribution in [0.2, 0.25) is 0 Å². The Morgan fingerprint density at radius 2 is 1.30 bits per heavy atom. The molecule has 1 rings (SSSR count). The fourth-order valence-electron chi connectivity index (χ4n) is 2.00. The molecule has 2 amide bonds. The van der Waals surface area contributed by atoms with Crippen LogP contribution in [-0.4, -0.2) is 60.8 Å². The third-order valence-electron chi connectivity index (χ3n) is 2.82. The molecule has 0 unspecified atom stereocenters. The highest BCUT2D eigenvalue weighted by Gasteiger charge is 2.28. The van der Waals surface area contributed by atoms with E-state index >= 15 is 0 Å². The van der Waals surface area contributed by atoms with E-state index < -0.39 is 29.7 Å². The highest BCUT2D eigenvalue weighted by Crippen LogP contribution is 2.09. The van der Waals surface area contributed by atoms with Crippen molar-refractivity contribution in [3.8, 4) is 0 Å². The van der Waals surface area contributed by atoms with Gasteiger partial charge in [-0.1, -0.05) is 0 Å². The molecule has 8 nitrogen and oxygen atoms in total. The number of hydrogen-bond acceptors (Lipinski definition) is 6. The first-order valence-electron chi connectivity index (χ1n) is 7.90. The highest BCUT2D eigenvalue weighted by molar-refractivity contribution is 5.71. The zero-order valence-corrected chi connectivity index (χ0v) is 15.0. The van der Waals surface area contributed by atoms with Gasteiger partial charge < -0.3 is 14.8 Å². The molecule has 0 atom stereocenters. The van der Waals surface area contributed by atoms with Gasteiger partial charge in [0.05, 0.1) is 0 Å². The molecule has 0 bridgehead atoms. The molecule has 0 aromatic carbocycles. The zero-order valence-electron chi connectivity index (χ0n) is 15.0. The summed E-state index contributed by atoms with van der Waals surface area (Å²) in [6.45, 7) is 13.7. The maximum absolute atomic E-state index is 12.0. The zero-order chi connectivity index (χ0) is 17.7. The first-order chi connectivity index (χ1) is 10.5. The Kier molecular flexibility index (Phi) is 6.64. The average molecular weight is 330 g/mol. The second-order valence-electron chi connectivity index (χ2n) is 7.48. The largest absolute Gasteiger partial charge is 0.444 e. The van der Waals surface area contributed by atoms with E-state index in [1.54, 1.807) is 41.5 Å². The normalized spacial score (nSPS) is 16.8. The van der Waals surface area contributed by atoms with Gasteiger partial charge in [-0.25, -0.2) is 9.59 Å². The number of ether oxygens (including phenoxy) is 2. The van der Waals surface area contributed by atoms with Crippen LogP contribution in [0.5, 0.6) is 0 Å². The van der Waals surface area contributed by atoms with Gasteiger partial charge in [-0.2, -0.15) is 0 Å². The lowest BCUT2D eigenvalue weighted by Crippen LogP contribution is -2.62. The standard InChI is InChI=1S/C15H30N4O4/c1-14(2,3)22-12(20)17-11(19-9-7-16-8-10-19)18-13(21)23-15(4,5)6/h11,16H,7-10H2,1-6H3,(H,17,20)(H,18,21). The number of hydrogen-bond donors (Lipinski definition) is 3. The maximum atomic E-state index is 12.0. The Bertz CT molecular complexity index is 379. The maximum Gasteiger partial charge on any atom is 0.410 e. The number of alkyl carbamates (subject to hydrolysis) is 2. The summed E-state index contributed by atoms with van der Waals surface area (Å²) in [5.74, 6) is 0. The van der Waals surface area contributed by atoms with Gasteiger partial charge in [-0.15, -0.1) is 0 Å². The van der Waals surface area contributed by atoms with Gasteiger partial charge in [0, 0.05) is 26.2 Å². The van der Waals surface area contributed by atoms with E-state index in [1.165, 1.54) is 0 Å². The average Bonchev–Trinajstić information content (AvgIpc) is 2.34. The summed E-state index contributed by atoms with van der Waals surface area (Å²) in [4.78, 5) is 26.0. The summed E-state index contributed by atoms with van der Waals surface area (Å²) >= 11 is 0. The van der Waals surface area contributed by atoms with Gasteiger partial charge >= 0.3 is 12.2 Å². The minimum absolute atomic E-state index is 0.586. The SMILES string of the molecule is CC(C)(C)OC(=O)NC(NC(=O)OC(C)(C)C)N1CCNCC1. The molecule has 0 radical (unpaired) electrons. The van der Waals surface area contributed by atoms with Gasteiger partial charge in [-0.3, -0.25) is 15.5 Å². The molecule has 1 fully saturated rings. The molecule has 1 aliphatic heterocycles. The second kappa shape index (κ2) is 7.83. The molecule has 0 aliphatic carbocycles. The molecular formula is C15H30N4O4. The Morgan fingerprint density at radius 3 is 1.65 bits per heavy atom. The molecule has 3 N–H and O–H groups in total. The second-order valence-corrected chi connectivity index (χ2v) is 7.48. The molecule has 0 spiro atoms. The molecule has 8 heteroatoms. The summed E-state index contributed by atoms with van der Waals surface area (Å²) in [6.07, 6.45) is -1.85. The Balaban J connectivity index is 2.68. The fraction of sp³-hybridized carbons (Fsp3) is 0.867. The first kappa shape index (κ1) is 19.5. The number of nitrogens with zero attached hydrogens (tertiary/aromatic N) is 1. The lowest BCUT2D eigenvalue weighted by atomic mass is 10.2. The topological polar surface area (TPSA) is 91.9 Å². The van der Waals surface area contributed by atoms with Crippen LogP contribution in [0, 0.1) is 0 Å². The van der Waals surface area contributed by atoms with E-state index in [2.05, 4.69) is 16.0 Å². The third kappa shape index (κ3) is 8.61. The van der Waals surface area contributed by atoms with Crippen molar-refractivity contribution in [2.45, 2.75) is 59.0 Å². The van der Waals surface area contributed by atoms with Crippen molar-refractivity contribution < 1.29 is 19.1 Å². The molecule has 0 saturated carbocycles. The summed E-state index contributed by atoms with van der Waals surface area (Å²) in [7, 11) is 0. The van der Waals surface area contributed by atoms with Gasteiger partial charge in [0.1, 0.15) is 11.2 Å². The van der Waals surface area contributed by atoms with Crippen LogP contribution >= 0.6 is 0 Å². The predicted octanol–water partition coefficient (Wildman–Crippen LogP) is 1.22. The summed E-state index contributed by atoms with van der Waals surface area (Å²) in [5, 5.41) is 8.59. The minimum atomic E-state index is -0.679. The van der Waals surface area contributed by atoms with Crippen LogP contribution in [0.25, 0.3) is 0 Å². The van der Waals surface area contributed by atoms with Crippen LogP contribution in [-0.2, 0) is 9.47 Å². The summed E-state index contributed by atoms with van der Waals surface area (Å²) in [6, 6.07) is 0. The molecule has 0 aromatic rings. The number of nitrogens with one attached hydrogen (secondary N) is 3. The quantitative estimate of drug-likeness (QED) is 0.674. The van der Waals surface area contributed by atoms with Crippen LogP contribution in [0.3, 0.4) is 0 Å². The van der Waals surface area contributed by atoms with Crippen molar-refractivity contribution in [3.05, 3.63) is 0 Å². The Labute approximate surface area is 138 Å². The number of amides is 2. The van der Waals surface area contributed by atoms with Crippen LogP contribution < -0.4 is 16.0 Å². The van der Waals surface area contributed by atoms with E-state index in [4.69, 9.17) is 9.47 Å². The summed E-state index contributed by atoms with van der Waals surface area (Å²) < 4.78 is 10.5. The molecule has 134 valence electrons. The third-order valence-corrected chi connectivity index (χ3v) is 2.82. The molecular weight excluding hydrogens is 300 g/mol. The number of carbonyl (C=O) groups is 2. The van der Waals surface area contributed by atoms with Crippen molar-refractivity contribution in [1.82, 2.24) is 20.9 Å². The number of rotatable bonds is 3. The van der Waals surface area contributed by atoms with Gasteiger partial charge in [0.25, 0.3) is 0 Å². The predicted molar refractivity (Wildman–Crippen MR) is 87.0 cm³/mol. The molecule has 1 aliphatic rings. The van der Waals surface area contributed by atoms with Crippen molar-refractivity contribution >= 4 is 12.2 Å². The lowest BCUT2D eigenvalue weighted by molar-refractivity contribution is 0.0240. The fourth-order valence-corrected chi connectivity index (χ4v) is 2.00. The van der Waals surface area contributed by atoms with Gasteiger partial charge in [0.15, 0.2) is 6.29 Å². The van der Waals surface area contributed by atoms with Gasteiger partial charge in [-0.05, 0) is 41.5 Å². The van der Waals surface area contributed by atoms with E-state index in [-0.39, 0.29) is 0 Å². The smallest absolute Gasteiger partial charge is 0.410 e. The Hall–Kier alpha value is -1.54. The minimum Gasteiger partial charge on any atom is -0.444 e. The van der Waals surface area contributed by atoms with Crippen LogP contribution in [0.1, 0.15) is 41.5 Å². The van der Waals surface area contributed by atoms with Crippen molar-refractivity contribution in [3.63, 3.8) is 0 Å². The number of piperazine rings is 1. The van der Waals surface area contributed by atoms with Crippen molar-refractivity contribution in [1.29, 1.82) is 0 Å². The molecule has 23 heavy (non-hydrogen) atoms. The molecule has 1 saturated heterocycles. The summed E-state index contributed by atoms with van der Waals surface area (Å²) in [5.41, 5.74) is -1.21. The highest BCUT2D eigenvalue weighted by atomic mass is 16.6. The van der Waals surface area contributed by atoms with Gasteiger partial charge in [0.2, 0.25) is 0 Å². The van der Waals surface area contributed by atoms with E-state index in [0.29, 0.717) is 13.1 Å². The van der Waals surface area contributed by atoms with E-state index in [9.17, 15) is 9.59 Å². The van der Waals surface area contributed by atoms with Crippen molar-refractivity contribution in [2.75, 3.05) is 26.2 Å². The van der Waals surface area contributed by atoms with E-state index in [1.807, 2.05) is 4.90 Å². The molecule has 1 heterocycles. The monoisotopic (exact) mass is 330 g/mol. The van der Waals surface area contributed by atoms with Crippen LogP contribution in [0.4, 0.5) is 9.59 Å². The lowest BCUT2D eigenvalue weighted by Gasteiger charge is -2.36. The first-order valence-corrected chi connectivity index (χ1v) is 7.90. The van der Waals surface area contributed by atoms with Crippen LogP contribution in [0.15, 0.2) is 0 Å². The van der Waals surface area contributed by atoms with Crippen molar-refractivity contribution in [2.24, 2.45) is 0 Å². The number of carbonyl (C=O) groups excluding carboxylic acids is 2. The molecule has 0 aromatic heterocycles. The van der Waals surface area contributed by atoms with E-state index in [0.717, 1.165) is 13.1 Å².